The van der Waals surface area contributed by atoms with Crippen LogP contribution in [-0.2, 0) is 10.1 Å². The van der Waals surface area contributed by atoms with Crippen molar-refractivity contribution in [2.24, 2.45) is 0 Å². The second kappa shape index (κ2) is 8.97. The van der Waals surface area contributed by atoms with E-state index in [4.69, 9.17) is 0 Å². The van der Waals surface area contributed by atoms with Gasteiger partial charge in [-0.3, -0.25) is 4.55 Å². The van der Waals surface area contributed by atoms with Crippen LogP contribution in [0.3, 0.4) is 0 Å². The molecule has 0 radical (unpaired) electrons. The van der Waals surface area contributed by atoms with Crippen molar-refractivity contribution >= 4 is 44.1 Å². The Morgan fingerprint density at radius 2 is 1.56 bits per heavy atom. The third-order valence-electron chi connectivity index (χ3n) is 5.04. The summed E-state index contributed by atoms with van der Waals surface area (Å²) in [6.07, 6.45) is 3.44. The van der Waals surface area contributed by atoms with E-state index in [2.05, 4.69) is 10.2 Å². The van der Waals surface area contributed by atoms with Crippen molar-refractivity contribution in [2.75, 3.05) is 0 Å². The Morgan fingerprint density at radius 1 is 0.812 bits per heavy atom. The van der Waals surface area contributed by atoms with Crippen molar-refractivity contribution in [3.8, 4) is 5.69 Å². The predicted molar refractivity (Wildman–Crippen MR) is 122 cm³/mol. The first kappa shape index (κ1) is 22.4. The van der Waals surface area contributed by atoms with Crippen molar-refractivity contribution in [3.63, 3.8) is 0 Å². The zero-order valence-electron chi connectivity index (χ0n) is 17.3. The molecular weight excluding hydrogens is 433 g/mol. The summed E-state index contributed by atoms with van der Waals surface area (Å²) in [5.74, 6) is 0. The van der Waals surface area contributed by atoms with Crippen LogP contribution in [0.2, 0.25) is 0 Å². The van der Waals surface area contributed by atoms with Crippen LogP contribution in [0.4, 0.5) is 0 Å². The van der Waals surface area contributed by atoms with E-state index < -0.39 is 10.1 Å². The van der Waals surface area contributed by atoms with E-state index in [9.17, 15) is 13.0 Å². The average molecular weight is 450 g/mol. The zero-order valence-corrected chi connectivity index (χ0v) is 20.1. The predicted octanol–water partition coefficient (Wildman–Crippen LogP) is 1.99. The van der Waals surface area contributed by atoms with Gasteiger partial charge in [0.25, 0.3) is 10.1 Å². The van der Waals surface area contributed by atoms with Crippen LogP contribution in [0.1, 0.15) is 11.1 Å². The maximum Gasteiger partial charge on any atom is 1.00 e. The Balaban J connectivity index is 0.00000245. The third-order valence-corrected chi connectivity index (χ3v) is 5.95. The van der Waals surface area contributed by atoms with E-state index in [0.29, 0.717) is 16.8 Å². The van der Waals surface area contributed by atoms with Crippen molar-refractivity contribution in [1.29, 1.82) is 0 Å². The quantitative estimate of drug-likeness (QED) is 0.257. The summed E-state index contributed by atoms with van der Waals surface area (Å²) in [6, 6.07) is 25.9. The molecule has 1 heterocycles. The minimum Gasteiger partial charge on any atom is -0.282 e. The normalized spacial score (nSPS) is 11.8. The van der Waals surface area contributed by atoms with Crippen LogP contribution in [0.25, 0.3) is 39.6 Å². The van der Waals surface area contributed by atoms with E-state index in [1.54, 1.807) is 24.3 Å². The van der Waals surface area contributed by atoms with Gasteiger partial charge < -0.3 is 0 Å². The molecule has 0 unspecified atom stereocenters. The summed E-state index contributed by atoms with van der Waals surface area (Å²) in [5, 5.41) is 11.1. The van der Waals surface area contributed by atoms with Crippen LogP contribution in [-0.4, -0.2) is 28.0 Å². The fourth-order valence-electron chi connectivity index (χ4n) is 3.52. The standard InChI is InChI=1S/C24H17N3O3S.Na/c28-31(29,30)23-16-20(14-12-19(23)11-10-17-6-2-1-3-7-17)27-25-22-15-13-18-8-4-5-9-21(18)24(22)26-27;/h1-16H,(H,28,29,30);/q;+1/b11-10+;. The molecule has 4 aromatic carbocycles. The van der Waals surface area contributed by atoms with E-state index in [1.165, 1.54) is 10.9 Å². The zero-order chi connectivity index (χ0) is 21.4. The summed E-state index contributed by atoms with van der Waals surface area (Å²) in [6.45, 7) is 0. The minimum atomic E-state index is -4.45. The Kier molecular flexibility index (Phi) is 6.28. The smallest absolute Gasteiger partial charge is 0.282 e. The first-order chi connectivity index (χ1) is 15.0. The SMILES string of the molecule is O=S(=O)(O)c1cc(-n2nc3ccc4ccccc4c3n2)ccc1/C=C/c1ccccc1.[Na+]. The van der Waals surface area contributed by atoms with Gasteiger partial charge in [0, 0.05) is 5.39 Å². The molecule has 0 aliphatic rings. The third kappa shape index (κ3) is 4.39. The molecule has 0 amide bonds. The summed E-state index contributed by atoms with van der Waals surface area (Å²) in [4.78, 5) is 1.18. The molecular formula is C24H17N3NaO3S+. The largest absolute Gasteiger partial charge is 1.00 e. The summed E-state index contributed by atoms with van der Waals surface area (Å²) >= 11 is 0. The number of nitrogens with zero attached hydrogens (tertiary/aromatic N) is 3. The molecule has 0 bridgehead atoms. The molecule has 0 spiro atoms. The van der Waals surface area contributed by atoms with Crippen molar-refractivity contribution in [2.45, 2.75) is 4.90 Å². The van der Waals surface area contributed by atoms with Gasteiger partial charge in [-0.1, -0.05) is 78.9 Å². The molecule has 1 aromatic heterocycles. The van der Waals surface area contributed by atoms with Gasteiger partial charge in [0.05, 0.1) is 5.69 Å². The molecule has 0 aliphatic carbocycles. The molecule has 1 N–H and O–H groups in total. The number of fused-ring (bicyclic) bond motifs is 3. The van der Waals surface area contributed by atoms with Crippen molar-refractivity contribution < 1.29 is 42.5 Å². The van der Waals surface area contributed by atoms with Crippen LogP contribution < -0.4 is 29.6 Å². The fraction of sp³-hybridized carbons (Fsp3) is 0. The average Bonchev–Trinajstić information content (AvgIpc) is 3.23. The van der Waals surface area contributed by atoms with Gasteiger partial charge >= 0.3 is 29.6 Å². The molecule has 152 valence electrons. The maximum absolute atomic E-state index is 12.1. The van der Waals surface area contributed by atoms with E-state index in [1.807, 2.05) is 66.7 Å². The van der Waals surface area contributed by atoms with Gasteiger partial charge in [0.1, 0.15) is 15.9 Å². The maximum atomic E-state index is 12.1. The Bertz CT molecular complexity index is 1560. The number of hydrogen-bond donors (Lipinski definition) is 1. The molecule has 8 heteroatoms. The molecule has 5 aromatic rings. The fourth-order valence-corrected chi connectivity index (χ4v) is 4.23. The van der Waals surface area contributed by atoms with Crippen LogP contribution in [0.5, 0.6) is 0 Å². The van der Waals surface area contributed by atoms with E-state index in [0.717, 1.165) is 21.9 Å². The number of benzene rings is 4. The molecule has 0 saturated carbocycles. The van der Waals surface area contributed by atoms with Gasteiger partial charge in [-0.2, -0.15) is 13.2 Å². The topological polar surface area (TPSA) is 85.1 Å². The minimum absolute atomic E-state index is 0. The Labute approximate surface area is 207 Å². The molecule has 6 nitrogen and oxygen atoms in total. The molecule has 0 aliphatic heterocycles. The molecule has 5 rings (SSSR count). The molecule has 32 heavy (non-hydrogen) atoms. The molecule has 0 atom stereocenters. The number of hydrogen-bond acceptors (Lipinski definition) is 4. The number of aromatic nitrogens is 3. The Morgan fingerprint density at radius 3 is 2.34 bits per heavy atom. The van der Waals surface area contributed by atoms with Crippen LogP contribution in [0.15, 0.2) is 89.8 Å². The second-order valence-electron chi connectivity index (χ2n) is 7.09. The monoisotopic (exact) mass is 450 g/mol. The first-order valence-electron chi connectivity index (χ1n) is 9.59. The van der Waals surface area contributed by atoms with Gasteiger partial charge in [-0.15, -0.1) is 10.2 Å². The molecule has 0 fully saturated rings. The Hall–Kier alpha value is -2.81. The summed E-state index contributed by atoms with van der Waals surface area (Å²) in [5.41, 5.74) is 3.14. The van der Waals surface area contributed by atoms with Crippen molar-refractivity contribution in [3.05, 3.63) is 96.1 Å². The second-order valence-corrected chi connectivity index (χ2v) is 8.48. The van der Waals surface area contributed by atoms with Gasteiger partial charge in [0.15, 0.2) is 0 Å². The van der Waals surface area contributed by atoms with Crippen molar-refractivity contribution in [1.82, 2.24) is 15.0 Å². The van der Waals surface area contributed by atoms with Crippen LogP contribution >= 0.6 is 0 Å². The van der Waals surface area contributed by atoms with E-state index in [-0.39, 0.29) is 34.5 Å². The first-order valence-corrected chi connectivity index (χ1v) is 11.0. The van der Waals surface area contributed by atoms with Gasteiger partial charge in [-0.05, 0) is 34.7 Å². The summed E-state index contributed by atoms with van der Waals surface area (Å²) < 4.78 is 33.9. The summed E-state index contributed by atoms with van der Waals surface area (Å²) in [7, 11) is -4.45. The van der Waals surface area contributed by atoms with Gasteiger partial charge in [0.2, 0.25) is 0 Å². The van der Waals surface area contributed by atoms with E-state index >= 15 is 0 Å². The number of rotatable bonds is 4. The van der Waals surface area contributed by atoms with Gasteiger partial charge in [-0.25, -0.2) is 0 Å². The molecule has 0 saturated heterocycles. The van der Waals surface area contributed by atoms with Crippen LogP contribution in [0, 0.1) is 0 Å².